The predicted molar refractivity (Wildman–Crippen MR) is 76.4 cm³/mol. The van der Waals surface area contributed by atoms with Crippen molar-refractivity contribution in [1.29, 1.82) is 0 Å². The van der Waals surface area contributed by atoms with Crippen molar-refractivity contribution >= 4 is 5.97 Å². The van der Waals surface area contributed by atoms with Gasteiger partial charge in [0.25, 0.3) is 0 Å². The van der Waals surface area contributed by atoms with Crippen LogP contribution in [0.15, 0.2) is 18.2 Å². The van der Waals surface area contributed by atoms with E-state index in [1.165, 1.54) is 12.1 Å². The first-order valence-electron chi connectivity index (χ1n) is 7.48. The van der Waals surface area contributed by atoms with Crippen LogP contribution in [0.1, 0.15) is 30.4 Å². The highest BCUT2D eigenvalue weighted by atomic mass is 19.4. The summed E-state index contributed by atoms with van der Waals surface area (Å²) in [6, 6.07) is 3.72. The predicted octanol–water partition coefficient (Wildman–Crippen LogP) is 3.53. The van der Waals surface area contributed by atoms with Crippen LogP contribution in [-0.2, 0) is 22.1 Å². The Morgan fingerprint density at radius 1 is 1.30 bits per heavy atom. The van der Waals surface area contributed by atoms with Crippen molar-refractivity contribution < 1.29 is 32.5 Å². The quantitative estimate of drug-likeness (QED) is 0.866. The summed E-state index contributed by atoms with van der Waals surface area (Å²) in [6.45, 7) is 1.65. The molecule has 0 bridgehead atoms. The van der Waals surface area contributed by atoms with Crippen LogP contribution in [0, 0.1) is 5.92 Å². The summed E-state index contributed by atoms with van der Waals surface area (Å²) in [5, 5.41) is 8.64. The number of hydrogen-bond donors (Lipinski definition) is 1. The third-order valence-electron chi connectivity index (χ3n) is 3.82. The molecule has 1 heterocycles. The average molecular weight is 332 g/mol. The van der Waals surface area contributed by atoms with Gasteiger partial charge in [-0.25, -0.2) is 0 Å². The smallest absolute Gasteiger partial charge is 0.416 e. The van der Waals surface area contributed by atoms with Gasteiger partial charge in [-0.3, -0.25) is 4.79 Å². The van der Waals surface area contributed by atoms with E-state index in [1.54, 1.807) is 0 Å². The Balaban J connectivity index is 2.07. The number of carboxylic acids is 1. The molecule has 0 aromatic heterocycles. The maximum Gasteiger partial charge on any atom is 0.416 e. The lowest BCUT2D eigenvalue weighted by Gasteiger charge is -2.22. The standard InChI is InChI=1S/C16H19F3O4/c17-16(18,19)14-9-13(3-1-12(14)2-4-15(20)21)23-10-11-5-7-22-8-6-11/h1,3,9,11H,2,4-8,10H2,(H,20,21). The lowest BCUT2D eigenvalue weighted by molar-refractivity contribution is -0.140. The number of carboxylic acid groups (broad SMARTS) is 1. The minimum absolute atomic E-state index is 0.0293. The second-order valence-corrected chi connectivity index (χ2v) is 5.58. The molecule has 1 aliphatic rings. The van der Waals surface area contributed by atoms with Gasteiger partial charge < -0.3 is 14.6 Å². The van der Waals surface area contributed by atoms with Crippen molar-refractivity contribution in [3.8, 4) is 5.75 Å². The molecule has 1 N–H and O–H groups in total. The lowest BCUT2D eigenvalue weighted by atomic mass is 10.0. The van der Waals surface area contributed by atoms with E-state index < -0.39 is 17.7 Å². The summed E-state index contributed by atoms with van der Waals surface area (Å²) >= 11 is 0. The zero-order valence-corrected chi connectivity index (χ0v) is 12.6. The molecular formula is C16H19F3O4. The van der Waals surface area contributed by atoms with Crippen LogP contribution >= 0.6 is 0 Å². The fraction of sp³-hybridized carbons (Fsp3) is 0.562. The molecule has 0 unspecified atom stereocenters. The van der Waals surface area contributed by atoms with E-state index >= 15 is 0 Å². The van der Waals surface area contributed by atoms with Crippen LogP contribution < -0.4 is 4.74 Å². The van der Waals surface area contributed by atoms with Gasteiger partial charge in [-0.1, -0.05) is 6.07 Å². The van der Waals surface area contributed by atoms with Crippen molar-refractivity contribution in [2.24, 2.45) is 5.92 Å². The molecule has 0 radical (unpaired) electrons. The van der Waals surface area contributed by atoms with Crippen molar-refractivity contribution in [2.75, 3.05) is 19.8 Å². The molecule has 23 heavy (non-hydrogen) atoms. The summed E-state index contributed by atoms with van der Waals surface area (Å²) in [5.41, 5.74) is -0.860. The van der Waals surface area contributed by atoms with Crippen molar-refractivity contribution in [3.05, 3.63) is 29.3 Å². The van der Waals surface area contributed by atoms with E-state index in [1.807, 2.05) is 0 Å². The van der Waals surface area contributed by atoms with Gasteiger partial charge in [-0.05, 0) is 42.9 Å². The van der Waals surface area contributed by atoms with E-state index in [2.05, 4.69) is 0 Å². The molecule has 1 aromatic carbocycles. The van der Waals surface area contributed by atoms with Crippen molar-refractivity contribution in [3.63, 3.8) is 0 Å². The van der Waals surface area contributed by atoms with E-state index in [9.17, 15) is 18.0 Å². The molecule has 128 valence electrons. The number of aryl methyl sites for hydroxylation is 1. The van der Waals surface area contributed by atoms with Gasteiger partial charge in [0.1, 0.15) is 5.75 Å². The maximum absolute atomic E-state index is 13.1. The van der Waals surface area contributed by atoms with Crippen molar-refractivity contribution in [2.45, 2.75) is 31.9 Å². The topological polar surface area (TPSA) is 55.8 Å². The van der Waals surface area contributed by atoms with Crippen LogP contribution in [-0.4, -0.2) is 30.9 Å². The number of benzene rings is 1. The minimum atomic E-state index is -4.54. The average Bonchev–Trinajstić information content (AvgIpc) is 2.51. The van der Waals surface area contributed by atoms with Gasteiger partial charge in [0, 0.05) is 19.6 Å². The molecule has 1 saturated heterocycles. The molecule has 4 nitrogen and oxygen atoms in total. The first-order valence-corrected chi connectivity index (χ1v) is 7.48. The SMILES string of the molecule is O=C(O)CCc1ccc(OCC2CCOCC2)cc1C(F)(F)F. The third-order valence-corrected chi connectivity index (χ3v) is 3.82. The Bertz CT molecular complexity index is 537. The summed E-state index contributed by atoms with van der Waals surface area (Å²) in [7, 11) is 0. The fourth-order valence-electron chi connectivity index (χ4n) is 2.50. The zero-order chi connectivity index (χ0) is 16.9. The van der Waals surface area contributed by atoms with Gasteiger partial charge in [0.15, 0.2) is 0 Å². The normalized spacial score (nSPS) is 16.3. The van der Waals surface area contributed by atoms with Crippen LogP contribution in [0.5, 0.6) is 5.75 Å². The highest BCUT2D eigenvalue weighted by molar-refractivity contribution is 5.67. The molecule has 0 atom stereocenters. The monoisotopic (exact) mass is 332 g/mol. The van der Waals surface area contributed by atoms with Crippen LogP contribution in [0.4, 0.5) is 13.2 Å². The molecular weight excluding hydrogens is 313 g/mol. The Morgan fingerprint density at radius 2 is 2.00 bits per heavy atom. The second kappa shape index (κ2) is 7.68. The molecule has 0 spiro atoms. The Morgan fingerprint density at radius 3 is 2.61 bits per heavy atom. The highest BCUT2D eigenvalue weighted by Crippen LogP contribution is 2.35. The lowest BCUT2D eigenvalue weighted by Crippen LogP contribution is -2.21. The number of aliphatic carboxylic acids is 1. The fourth-order valence-corrected chi connectivity index (χ4v) is 2.50. The number of rotatable bonds is 6. The summed E-state index contributed by atoms with van der Waals surface area (Å²) in [4.78, 5) is 10.6. The number of carbonyl (C=O) groups is 1. The third kappa shape index (κ3) is 5.42. The molecule has 7 heteroatoms. The molecule has 1 fully saturated rings. The van der Waals surface area contributed by atoms with Crippen molar-refractivity contribution in [1.82, 2.24) is 0 Å². The molecule has 0 aliphatic carbocycles. The zero-order valence-electron chi connectivity index (χ0n) is 12.6. The Kier molecular flexibility index (Phi) is 5.87. The molecule has 2 rings (SSSR count). The van der Waals surface area contributed by atoms with E-state index in [-0.39, 0.29) is 30.1 Å². The van der Waals surface area contributed by atoms with E-state index in [0.29, 0.717) is 19.8 Å². The largest absolute Gasteiger partial charge is 0.493 e. The van der Waals surface area contributed by atoms with Gasteiger partial charge >= 0.3 is 12.1 Å². The van der Waals surface area contributed by atoms with Gasteiger partial charge in [-0.15, -0.1) is 0 Å². The summed E-state index contributed by atoms with van der Waals surface area (Å²) in [5.74, 6) is -0.689. The van der Waals surface area contributed by atoms with Crippen LogP contribution in [0.25, 0.3) is 0 Å². The van der Waals surface area contributed by atoms with Gasteiger partial charge in [-0.2, -0.15) is 13.2 Å². The number of hydrogen-bond acceptors (Lipinski definition) is 3. The molecule has 0 amide bonds. The highest BCUT2D eigenvalue weighted by Gasteiger charge is 2.33. The minimum Gasteiger partial charge on any atom is -0.493 e. The van der Waals surface area contributed by atoms with E-state index in [0.717, 1.165) is 18.9 Å². The van der Waals surface area contributed by atoms with Gasteiger partial charge in [0.2, 0.25) is 0 Å². The summed E-state index contributed by atoms with van der Waals surface area (Å²) < 4.78 is 50.1. The number of halogens is 3. The molecule has 1 aliphatic heterocycles. The first kappa shape index (κ1) is 17.6. The molecule has 0 saturated carbocycles. The number of ether oxygens (including phenoxy) is 2. The number of alkyl halides is 3. The second-order valence-electron chi connectivity index (χ2n) is 5.58. The Labute approximate surface area is 132 Å². The molecule has 1 aromatic rings. The maximum atomic E-state index is 13.1. The first-order chi connectivity index (χ1) is 10.9. The van der Waals surface area contributed by atoms with E-state index in [4.69, 9.17) is 14.6 Å². The van der Waals surface area contributed by atoms with Crippen LogP contribution in [0.2, 0.25) is 0 Å². The Hall–Kier alpha value is -1.76. The van der Waals surface area contributed by atoms with Crippen LogP contribution in [0.3, 0.4) is 0 Å². The van der Waals surface area contributed by atoms with Gasteiger partial charge in [0.05, 0.1) is 12.2 Å². The summed E-state index contributed by atoms with van der Waals surface area (Å²) in [6.07, 6.45) is -3.37.